The Labute approximate surface area is 142 Å². The molecule has 0 bridgehead atoms. The zero-order valence-electron chi connectivity index (χ0n) is 12.6. The van der Waals surface area contributed by atoms with Gasteiger partial charge < -0.3 is 4.74 Å². The fourth-order valence-electron chi connectivity index (χ4n) is 2.48. The maximum absolute atomic E-state index is 8.84. The van der Waals surface area contributed by atoms with Gasteiger partial charge in [0.2, 0.25) is 0 Å². The smallest absolute Gasteiger partial charge is 0.0635 e. The van der Waals surface area contributed by atoms with Gasteiger partial charge in [-0.2, -0.15) is 5.26 Å². The SMILES string of the molecule is N#CCCN(CCN1CCOCC1)Cc1ccc(Cl)cc1Cl. The highest BCUT2D eigenvalue weighted by Gasteiger charge is 2.13. The van der Waals surface area contributed by atoms with E-state index in [9.17, 15) is 0 Å². The number of halogens is 2. The van der Waals surface area contributed by atoms with Crippen LogP contribution in [0.5, 0.6) is 0 Å². The van der Waals surface area contributed by atoms with Gasteiger partial charge in [-0.05, 0) is 17.7 Å². The maximum atomic E-state index is 8.84. The van der Waals surface area contributed by atoms with Crippen molar-refractivity contribution in [2.45, 2.75) is 13.0 Å². The summed E-state index contributed by atoms with van der Waals surface area (Å²) in [5, 5.41) is 10.2. The van der Waals surface area contributed by atoms with Crippen LogP contribution in [0.15, 0.2) is 18.2 Å². The van der Waals surface area contributed by atoms with Gasteiger partial charge in [-0.1, -0.05) is 29.3 Å². The van der Waals surface area contributed by atoms with Crippen molar-refractivity contribution < 1.29 is 4.74 Å². The average Bonchev–Trinajstić information content (AvgIpc) is 2.53. The fraction of sp³-hybridized carbons (Fsp3) is 0.562. The zero-order chi connectivity index (χ0) is 15.8. The number of nitriles is 1. The summed E-state index contributed by atoms with van der Waals surface area (Å²) in [5.41, 5.74) is 1.05. The van der Waals surface area contributed by atoms with Gasteiger partial charge in [0.1, 0.15) is 0 Å². The number of rotatable bonds is 7. The minimum absolute atomic E-state index is 0.522. The number of nitrogens with zero attached hydrogens (tertiary/aromatic N) is 3. The second kappa shape index (κ2) is 9.34. The van der Waals surface area contributed by atoms with Crippen LogP contribution in [0.25, 0.3) is 0 Å². The molecule has 4 nitrogen and oxygen atoms in total. The van der Waals surface area contributed by atoms with E-state index in [2.05, 4.69) is 15.9 Å². The Morgan fingerprint density at radius 1 is 1.23 bits per heavy atom. The van der Waals surface area contributed by atoms with Crippen molar-refractivity contribution in [3.8, 4) is 6.07 Å². The van der Waals surface area contributed by atoms with Crippen molar-refractivity contribution in [1.82, 2.24) is 9.80 Å². The topological polar surface area (TPSA) is 39.5 Å². The lowest BCUT2D eigenvalue weighted by molar-refractivity contribution is 0.0330. The van der Waals surface area contributed by atoms with Crippen LogP contribution in [0.4, 0.5) is 0 Å². The van der Waals surface area contributed by atoms with Gasteiger partial charge in [0.15, 0.2) is 0 Å². The van der Waals surface area contributed by atoms with Crippen LogP contribution >= 0.6 is 23.2 Å². The van der Waals surface area contributed by atoms with E-state index in [1.807, 2.05) is 12.1 Å². The molecule has 120 valence electrons. The normalized spacial score (nSPS) is 15.9. The lowest BCUT2D eigenvalue weighted by Gasteiger charge is -2.30. The molecular formula is C16H21Cl2N3O. The van der Waals surface area contributed by atoms with Gasteiger partial charge in [-0.15, -0.1) is 0 Å². The highest BCUT2D eigenvalue weighted by Crippen LogP contribution is 2.22. The molecule has 6 heteroatoms. The highest BCUT2D eigenvalue weighted by atomic mass is 35.5. The molecule has 0 saturated carbocycles. The third-order valence-corrected chi connectivity index (χ3v) is 4.37. The van der Waals surface area contributed by atoms with Crippen LogP contribution in [-0.4, -0.2) is 55.7 Å². The number of benzene rings is 1. The summed E-state index contributed by atoms with van der Waals surface area (Å²) in [6.07, 6.45) is 0.522. The van der Waals surface area contributed by atoms with E-state index in [4.69, 9.17) is 33.2 Å². The van der Waals surface area contributed by atoms with E-state index in [1.165, 1.54) is 0 Å². The van der Waals surface area contributed by atoms with Gasteiger partial charge in [0, 0.05) is 55.7 Å². The Morgan fingerprint density at radius 2 is 2.00 bits per heavy atom. The number of hydrogen-bond acceptors (Lipinski definition) is 4. The second-order valence-corrected chi connectivity index (χ2v) is 6.22. The summed E-state index contributed by atoms with van der Waals surface area (Å²) in [6.45, 7) is 6.96. The quantitative estimate of drug-likeness (QED) is 0.764. The maximum Gasteiger partial charge on any atom is 0.0635 e. The Kier molecular flexibility index (Phi) is 7.44. The first kappa shape index (κ1) is 17.5. The molecule has 0 aromatic heterocycles. The van der Waals surface area contributed by atoms with Crippen molar-refractivity contribution >= 4 is 23.2 Å². The lowest BCUT2D eigenvalue weighted by Crippen LogP contribution is -2.41. The molecule has 0 aliphatic carbocycles. The average molecular weight is 342 g/mol. The van der Waals surface area contributed by atoms with Crippen LogP contribution in [0.2, 0.25) is 10.0 Å². The number of ether oxygens (including phenoxy) is 1. The predicted octanol–water partition coefficient (Wildman–Crippen LogP) is 3.04. The van der Waals surface area contributed by atoms with Crippen molar-refractivity contribution in [2.24, 2.45) is 0 Å². The second-order valence-electron chi connectivity index (χ2n) is 5.37. The minimum Gasteiger partial charge on any atom is -0.379 e. The lowest BCUT2D eigenvalue weighted by atomic mass is 10.2. The molecule has 0 atom stereocenters. The first-order valence-corrected chi connectivity index (χ1v) is 8.28. The van der Waals surface area contributed by atoms with Crippen molar-refractivity contribution in [1.29, 1.82) is 5.26 Å². The van der Waals surface area contributed by atoms with E-state index in [-0.39, 0.29) is 0 Å². The molecule has 22 heavy (non-hydrogen) atoms. The molecule has 0 amide bonds. The molecule has 0 N–H and O–H groups in total. The van der Waals surface area contributed by atoms with Gasteiger partial charge in [0.25, 0.3) is 0 Å². The molecular weight excluding hydrogens is 321 g/mol. The summed E-state index contributed by atoms with van der Waals surface area (Å²) in [7, 11) is 0. The van der Waals surface area contributed by atoms with Crippen LogP contribution in [-0.2, 0) is 11.3 Å². The third-order valence-electron chi connectivity index (χ3n) is 3.79. The predicted molar refractivity (Wildman–Crippen MR) is 89.2 cm³/mol. The van der Waals surface area contributed by atoms with Crippen LogP contribution < -0.4 is 0 Å². The Morgan fingerprint density at radius 3 is 2.68 bits per heavy atom. The first-order chi connectivity index (χ1) is 10.7. The molecule has 2 rings (SSSR count). The number of hydrogen-bond donors (Lipinski definition) is 0. The molecule has 0 radical (unpaired) electrons. The van der Waals surface area contributed by atoms with E-state index < -0.39 is 0 Å². The molecule has 1 saturated heterocycles. The van der Waals surface area contributed by atoms with Crippen LogP contribution in [0.3, 0.4) is 0 Å². The Hall–Kier alpha value is -0.830. The molecule has 1 fully saturated rings. The van der Waals surface area contributed by atoms with Gasteiger partial charge >= 0.3 is 0 Å². The summed E-state index contributed by atoms with van der Waals surface area (Å²) < 4.78 is 5.37. The monoisotopic (exact) mass is 341 g/mol. The van der Waals surface area contributed by atoms with Crippen molar-refractivity contribution in [2.75, 3.05) is 45.9 Å². The molecule has 1 aliphatic rings. The third kappa shape index (κ3) is 5.75. The summed E-state index contributed by atoms with van der Waals surface area (Å²) in [4.78, 5) is 4.67. The molecule has 0 unspecified atom stereocenters. The first-order valence-electron chi connectivity index (χ1n) is 7.52. The summed E-state index contributed by atoms with van der Waals surface area (Å²) in [5.74, 6) is 0. The summed E-state index contributed by atoms with van der Waals surface area (Å²) in [6, 6.07) is 7.79. The van der Waals surface area contributed by atoms with Crippen molar-refractivity contribution in [3.05, 3.63) is 33.8 Å². The van der Waals surface area contributed by atoms with Gasteiger partial charge in [-0.25, -0.2) is 0 Å². The van der Waals surface area contributed by atoms with E-state index in [1.54, 1.807) is 6.07 Å². The Balaban J connectivity index is 1.91. The molecule has 1 aliphatic heterocycles. The standard InChI is InChI=1S/C16H21Cl2N3O/c17-15-3-2-14(16(18)12-15)13-21(5-1-4-19)7-6-20-8-10-22-11-9-20/h2-3,12H,1,5-11,13H2. The van der Waals surface area contributed by atoms with Crippen LogP contribution in [0, 0.1) is 11.3 Å². The van der Waals surface area contributed by atoms with E-state index >= 15 is 0 Å². The molecule has 1 aromatic rings. The Bertz CT molecular complexity index is 513. The minimum atomic E-state index is 0.522. The summed E-state index contributed by atoms with van der Waals surface area (Å²) >= 11 is 12.2. The fourth-order valence-corrected chi connectivity index (χ4v) is 2.94. The largest absolute Gasteiger partial charge is 0.379 e. The zero-order valence-corrected chi connectivity index (χ0v) is 14.1. The van der Waals surface area contributed by atoms with Gasteiger partial charge in [-0.3, -0.25) is 9.80 Å². The molecule has 1 heterocycles. The van der Waals surface area contributed by atoms with Gasteiger partial charge in [0.05, 0.1) is 19.3 Å². The molecule has 1 aromatic carbocycles. The number of morpholine rings is 1. The van der Waals surface area contributed by atoms with E-state index in [0.717, 1.165) is 58.0 Å². The van der Waals surface area contributed by atoms with E-state index in [0.29, 0.717) is 16.5 Å². The van der Waals surface area contributed by atoms with Crippen molar-refractivity contribution in [3.63, 3.8) is 0 Å². The molecule has 0 spiro atoms. The highest BCUT2D eigenvalue weighted by molar-refractivity contribution is 6.35. The van der Waals surface area contributed by atoms with Crippen LogP contribution in [0.1, 0.15) is 12.0 Å².